The van der Waals surface area contributed by atoms with Crippen LogP contribution in [-0.4, -0.2) is 32.2 Å². The summed E-state index contributed by atoms with van der Waals surface area (Å²) < 4.78 is 8.73. The Balaban J connectivity index is 3.63. The maximum Gasteiger partial charge on any atom is 0.322 e. The Bertz CT molecular complexity index is 169. The van der Waals surface area contributed by atoms with Crippen molar-refractivity contribution in [2.75, 3.05) is 14.2 Å². The molecule has 0 saturated heterocycles. The molecule has 0 aromatic heterocycles. The number of hydrogen-bond donors (Lipinski definition) is 1. The van der Waals surface area contributed by atoms with Crippen molar-refractivity contribution in [3.8, 4) is 0 Å². The van der Waals surface area contributed by atoms with Crippen LogP contribution in [0.4, 0.5) is 0 Å². The van der Waals surface area contributed by atoms with Gasteiger partial charge >= 0.3 is 11.9 Å². The van der Waals surface area contributed by atoms with Gasteiger partial charge in [0, 0.05) is 6.42 Å². The van der Waals surface area contributed by atoms with E-state index in [-0.39, 0.29) is 18.8 Å². The highest BCUT2D eigenvalue weighted by Crippen LogP contribution is 1.97. The van der Waals surface area contributed by atoms with Gasteiger partial charge in [-0.3, -0.25) is 9.59 Å². The summed E-state index contributed by atoms with van der Waals surface area (Å²) in [6.07, 6.45) is 0.381. The van der Waals surface area contributed by atoms with Crippen LogP contribution in [0.5, 0.6) is 0 Å². The van der Waals surface area contributed by atoms with Crippen LogP contribution in [0.2, 0.25) is 0 Å². The molecule has 5 heteroatoms. The Morgan fingerprint density at radius 2 is 1.92 bits per heavy atom. The zero-order valence-corrected chi connectivity index (χ0v) is 7.20. The molecule has 0 saturated carbocycles. The minimum atomic E-state index is -0.742. The van der Waals surface area contributed by atoms with Gasteiger partial charge in [0.05, 0.1) is 14.2 Å². The lowest BCUT2D eigenvalue weighted by Gasteiger charge is -2.07. The van der Waals surface area contributed by atoms with Crippen molar-refractivity contribution >= 4 is 11.9 Å². The predicted octanol–water partition coefficient (Wildman–Crippen LogP) is -0.560. The van der Waals surface area contributed by atoms with Crippen LogP contribution >= 0.6 is 0 Å². The molecule has 0 heterocycles. The van der Waals surface area contributed by atoms with Gasteiger partial charge in [-0.2, -0.15) is 0 Å². The quantitative estimate of drug-likeness (QED) is 0.459. The maximum absolute atomic E-state index is 10.7. The monoisotopic (exact) mass is 176 g/mol. The lowest BCUT2D eigenvalue weighted by molar-refractivity contribution is -0.143. The van der Waals surface area contributed by atoms with E-state index in [1.165, 1.54) is 14.2 Å². The molecule has 0 aliphatic heterocycles. The molecule has 0 aromatic carbocycles. The second-order valence-electron chi connectivity index (χ2n) is 2.24. The minimum absolute atomic E-state index is 0.132. The molecule has 0 rings (SSSR count). The SMILES string of the molecule is COC(=O)CC[C@H]([15NH2])C(=O)OC. The van der Waals surface area contributed by atoms with Gasteiger partial charge in [-0.05, 0) is 6.42 Å². The highest BCUT2D eigenvalue weighted by Gasteiger charge is 2.14. The van der Waals surface area contributed by atoms with E-state index >= 15 is 0 Å². The summed E-state index contributed by atoms with van der Waals surface area (Å²) in [4.78, 5) is 21.3. The standard InChI is InChI=1S/C7H13NO4/c1-11-6(9)4-3-5(8)7(10)12-2/h5H,3-4,8H2,1-2H3/t5-/m0/s1/i8+1. The molecule has 0 bridgehead atoms. The van der Waals surface area contributed by atoms with Crippen LogP contribution < -0.4 is 5.73 Å². The number of rotatable bonds is 4. The van der Waals surface area contributed by atoms with Crippen LogP contribution in [-0.2, 0) is 19.1 Å². The van der Waals surface area contributed by atoms with E-state index in [0.29, 0.717) is 0 Å². The summed E-state index contributed by atoms with van der Waals surface area (Å²) in [7, 11) is 2.53. The molecule has 0 aliphatic carbocycles. The second kappa shape index (κ2) is 5.54. The topological polar surface area (TPSA) is 78.6 Å². The lowest BCUT2D eigenvalue weighted by Crippen LogP contribution is -2.32. The van der Waals surface area contributed by atoms with Gasteiger partial charge in [0.2, 0.25) is 0 Å². The highest BCUT2D eigenvalue weighted by molar-refractivity contribution is 5.76. The van der Waals surface area contributed by atoms with Crippen LogP contribution in [0.1, 0.15) is 12.8 Å². The molecular formula is C7H13NO4. The molecule has 0 aromatic rings. The van der Waals surface area contributed by atoms with Crippen molar-refractivity contribution in [1.82, 2.24) is 0 Å². The van der Waals surface area contributed by atoms with Gasteiger partial charge in [0.1, 0.15) is 6.04 Å². The van der Waals surface area contributed by atoms with E-state index in [9.17, 15) is 9.59 Å². The fourth-order valence-electron chi connectivity index (χ4n) is 0.645. The third kappa shape index (κ3) is 3.92. The van der Waals surface area contributed by atoms with E-state index in [1.54, 1.807) is 0 Å². The molecule has 0 fully saturated rings. The van der Waals surface area contributed by atoms with Crippen molar-refractivity contribution in [1.29, 1.82) is 0 Å². The van der Waals surface area contributed by atoms with Crippen LogP contribution in [0.15, 0.2) is 0 Å². The zero-order valence-electron chi connectivity index (χ0n) is 7.20. The van der Waals surface area contributed by atoms with Crippen LogP contribution in [0.25, 0.3) is 0 Å². The number of carbonyl (C=O) groups is 2. The summed E-state index contributed by atoms with van der Waals surface area (Å²) in [6.45, 7) is 0. The molecule has 0 amide bonds. The largest absolute Gasteiger partial charge is 0.469 e. The number of carbonyl (C=O) groups excluding carboxylic acids is 2. The molecule has 5 nitrogen and oxygen atoms in total. The summed E-state index contributed by atoms with van der Waals surface area (Å²) in [5.41, 5.74) is 5.35. The fraction of sp³-hybridized carbons (Fsp3) is 0.714. The molecule has 70 valence electrons. The summed E-state index contributed by atoms with van der Waals surface area (Å²) >= 11 is 0. The average Bonchev–Trinajstić information content (AvgIpc) is 2.11. The van der Waals surface area contributed by atoms with Gasteiger partial charge in [-0.15, -0.1) is 0 Å². The van der Waals surface area contributed by atoms with Gasteiger partial charge < -0.3 is 15.2 Å². The zero-order chi connectivity index (χ0) is 9.56. The molecule has 0 aliphatic rings. The number of hydrogen-bond acceptors (Lipinski definition) is 5. The van der Waals surface area contributed by atoms with Crippen molar-refractivity contribution in [2.45, 2.75) is 18.9 Å². The van der Waals surface area contributed by atoms with E-state index < -0.39 is 12.0 Å². The number of methoxy groups -OCH3 is 2. The molecule has 0 unspecified atom stereocenters. The first-order chi connectivity index (χ1) is 5.61. The van der Waals surface area contributed by atoms with Gasteiger partial charge in [-0.25, -0.2) is 0 Å². The Morgan fingerprint density at radius 1 is 1.33 bits per heavy atom. The maximum atomic E-state index is 10.7. The number of esters is 2. The Kier molecular flexibility index (Phi) is 5.03. The average molecular weight is 176 g/mol. The lowest BCUT2D eigenvalue weighted by atomic mass is 10.2. The van der Waals surface area contributed by atoms with Crippen molar-refractivity contribution < 1.29 is 19.1 Å². The summed E-state index contributed by atoms with van der Waals surface area (Å²) in [5.74, 6) is -0.895. The van der Waals surface area contributed by atoms with Crippen molar-refractivity contribution in [3.05, 3.63) is 0 Å². The third-order valence-corrected chi connectivity index (χ3v) is 1.39. The fourth-order valence-corrected chi connectivity index (χ4v) is 0.645. The minimum Gasteiger partial charge on any atom is -0.469 e. The van der Waals surface area contributed by atoms with E-state index in [1.807, 2.05) is 0 Å². The predicted molar refractivity (Wildman–Crippen MR) is 41.2 cm³/mol. The highest BCUT2D eigenvalue weighted by atomic mass is 16.5. The normalized spacial score (nSPS) is 11.9. The van der Waals surface area contributed by atoms with E-state index in [4.69, 9.17) is 5.73 Å². The Labute approximate surface area is 70.8 Å². The van der Waals surface area contributed by atoms with Crippen molar-refractivity contribution in [2.24, 2.45) is 5.73 Å². The Morgan fingerprint density at radius 3 is 2.33 bits per heavy atom. The van der Waals surface area contributed by atoms with Crippen LogP contribution in [0.3, 0.4) is 0 Å². The number of nitrogens with two attached hydrogens (primary N) is 1. The van der Waals surface area contributed by atoms with E-state index in [2.05, 4.69) is 9.47 Å². The van der Waals surface area contributed by atoms with E-state index in [0.717, 1.165) is 0 Å². The second-order valence-corrected chi connectivity index (χ2v) is 2.24. The summed E-state index contributed by atoms with van der Waals surface area (Å²) in [6, 6.07) is -0.742. The first-order valence-electron chi connectivity index (χ1n) is 3.52. The third-order valence-electron chi connectivity index (χ3n) is 1.39. The first kappa shape index (κ1) is 10.9. The van der Waals surface area contributed by atoms with Crippen LogP contribution in [0, 0.1) is 0 Å². The molecule has 0 spiro atoms. The molecule has 1 atom stereocenters. The molecule has 0 radical (unpaired) electrons. The van der Waals surface area contributed by atoms with Gasteiger partial charge in [0.15, 0.2) is 0 Å². The Hall–Kier alpha value is -1.10. The van der Waals surface area contributed by atoms with Gasteiger partial charge in [0.25, 0.3) is 0 Å². The van der Waals surface area contributed by atoms with Crippen molar-refractivity contribution in [3.63, 3.8) is 0 Å². The molecule has 2 N–H and O–H groups in total. The molecule has 12 heavy (non-hydrogen) atoms. The molecular weight excluding hydrogens is 163 g/mol. The smallest absolute Gasteiger partial charge is 0.322 e. The number of ether oxygens (including phenoxy) is 2. The summed E-state index contributed by atoms with van der Waals surface area (Å²) in [5, 5.41) is 0. The first-order valence-corrected chi connectivity index (χ1v) is 3.52. The van der Waals surface area contributed by atoms with Gasteiger partial charge in [-0.1, -0.05) is 0 Å².